The molecule has 5 nitrogen and oxygen atoms in total. The Bertz CT molecular complexity index is 585. The second-order valence-electron chi connectivity index (χ2n) is 5.41. The average Bonchev–Trinajstić information content (AvgIpc) is 3.11. The molecule has 1 aromatic carbocycles. The van der Waals surface area contributed by atoms with Gasteiger partial charge in [-0.1, -0.05) is 0 Å². The van der Waals surface area contributed by atoms with Crippen molar-refractivity contribution in [1.29, 1.82) is 0 Å². The van der Waals surface area contributed by atoms with E-state index in [0.717, 1.165) is 31.5 Å². The fraction of sp³-hybridized carbons (Fsp3) is 0.467. The van der Waals surface area contributed by atoms with Gasteiger partial charge in [-0.05, 0) is 49.6 Å². The lowest BCUT2D eigenvalue weighted by atomic mass is 10.1. The van der Waals surface area contributed by atoms with E-state index >= 15 is 0 Å². The van der Waals surface area contributed by atoms with E-state index in [9.17, 15) is 4.39 Å². The van der Waals surface area contributed by atoms with E-state index in [1.807, 2.05) is 0 Å². The summed E-state index contributed by atoms with van der Waals surface area (Å²) in [6.45, 7) is 2.80. The van der Waals surface area contributed by atoms with Crippen LogP contribution in [-0.2, 0) is 6.54 Å². The van der Waals surface area contributed by atoms with E-state index in [2.05, 4.69) is 15.1 Å². The summed E-state index contributed by atoms with van der Waals surface area (Å²) in [5.74, 6) is 1.25. The average molecular weight is 291 g/mol. The number of benzene rings is 1. The number of rotatable bonds is 5. The molecule has 0 spiro atoms. The van der Waals surface area contributed by atoms with Crippen molar-refractivity contribution in [3.63, 3.8) is 0 Å². The number of aliphatic hydroxyl groups excluding tert-OH is 1. The number of aliphatic hydroxyl groups is 1. The van der Waals surface area contributed by atoms with Crippen LogP contribution >= 0.6 is 0 Å². The van der Waals surface area contributed by atoms with Gasteiger partial charge in [0.2, 0.25) is 11.8 Å². The molecule has 1 fully saturated rings. The fourth-order valence-corrected chi connectivity index (χ4v) is 2.69. The number of hydrogen-bond donors (Lipinski definition) is 1. The van der Waals surface area contributed by atoms with Crippen LogP contribution in [-0.4, -0.2) is 39.9 Å². The molecule has 1 atom stereocenters. The Labute approximate surface area is 122 Å². The predicted molar refractivity (Wildman–Crippen MR) is 74.8 cm³/mol. The Morgan fingerprint density at radius 3 is 2.86 bits per heavy atom. The Kier molecular flexibility index (Phi) is 4.26. The lowest BCUT2D eigenvalue weighted by Gasteiger charge is -2.12. The first-order chi connectivity index (χ1) is 10.2. The molecule has 2 aromatic rings. The third-order valence-electron chi connectivity index (χ3n) is 3.82. The third-order valence-corrected chi connectivity index (χ3v) is 3.82. The first-order valence-electron chi connectivity index (χ1n) is 7.16. The lowest BCUT2D eigenvalue weighted by molar-refractivity contribution is 0.243. The highest BCUT2D eigenvalue weighted by atomic mass is 19.1. The van der Waals surface area contributed by atoms with Gasteiger partial charge in [-0.25, -0.2) is 4.39 Å². The standard InChI is InChI=1S/C15H18FN3O2/c16-13-3-1-12(2-4-13)15-18-17-14(21-15)10-19-7-5-11(9-19)6-8-20/h1-4,11,20H,5-10H2. The molecular formula is C15H18FN3O2. The van der Waals surface area contributed by atoms with Crippen LogP contribution in [0.2, 0.25) is 0 Å². The van der Waals surface area contributed by atoms with E-state index in [0.29, 0.717) is 24.2 Å². The Morgan fingerprint density at radius 1 is 1.29 bits per heavy atom. The number of aromatic nitrogens is 2. The van der Waals surface area contributed by atoms with Gasteiger partial charge in [0.1, 0.15) is 5.82 Å². The van der Waals surface area contributed by atoms with Gasteiger partial charge < -0.3 is 9.52 Å². The van der Waals surface area contributed by atoms with Gasteiger partial charge in [-0.15, -0.1) is 10.2 Å². The van der Waals surface area contributed by atoms with Crippen LogP contribution in [0.1, 0.15) is 18.7 Å². The van der Waals surface area contributed by atoms with Crippen molar-refractivity contribution >= 4 is 0 Å². The van der Waals surface area contributed by atoms with E-state index in [1.165, 1.54) is 12.1 Å². The van der Waals surface area contributed by atoms with Gasteiger partial charge in [-0.3, -0.25) is 4.90 Å². The molecule has 0 bridgehead atoms. The van der Waals surface area contributed by atoms with Crippen molar-refractivity contribution in [1.82, 2.24) is 15.1 Å². The molecule has 1 N–H and O–H groups in total. The monoisotopic (exact) mass is 291 g/mol. The Hall–Kier alpha value is -1.79. The van der Waals surface area contributed by atoms with Gasteiger partial charge >= 0.3 is 0 Å². The van der Waals surface area contributed by atoms with E-state index in [-0.39, 0.29) is 12.4 Å². The summed E-state index contributed by atoms with van der Waals surface area (Å²) in [6, 6.07) is 6.00. The van der Waals surface area contributed by atoms with Crippen molar-refractivity contribution in [3.8, 4) is 11.5 Å². The maximum atomic E-state index is 12.9. The number of nitrogens with zero attached hydrogens (tertiary/aromatic N) is 3. The zero-order chi connectivity index (χ0) is 14.7. The van der Waals surface area contributed by atoms with E-state index < -0.39 is 0 Å². The highest BCUT2D eigenvalue weighted by molar-refractivity contribution is 5.51. The van der Waals surface area contributed by atoms with Crippen molar-refractivity contribution in [2.24, 2.45) is 5.92 Å². The quantitative estimate of drug-likeness (QED) is 0.914. The summed E-state index contributed by atoms with van der Waals surface area (Å²) in [5.41, 5.74) is 0.717. The minimum atomic E-state index is -0.287. The minimum absolute atomic E-state index is 0.244. The van der Waals surface area contributed by atoms with Crippen LogP contribution in [0.3, 0.4) is 0 Å². The maximum Gasteiger partial charge on any atom is 0.247 e. The molecule has 1 saturated heterocycles. The maximum absolute atomic E-state index is 12.9. The summed E-state index contributed by atoms with van der Waals surface area (Å²) in [7, 11) is 0. The highest BCUT2D eigenvalue weighted by Crippen LogP contribution is 2.22. The zero-order valence-corrected chi connectivity index (χ0v) is 11.7. The Balaban J connectivity index is 1.62. The number of likely N-dealkylation sites (tertiary alicyclic amines) is 1. The predicted octanol–water partition coefficient (Wildman–Crippen LogP) is 2.08. The Morgan fingerprint density at radius 2 is 2.10 bits per heavy atom. The molecule has 1 aliphatic rings. The molecule has 0 amide bonds. The summed E-state index contributed by atoms with van der Waals surface area (Å²) >= 11 is 0. The number of halogens is 1. The molecule has 112 valence electrons. The van der Waals surface area contributed by atoms with Crippen LogP contribution < -0.4 is 0 Å². The first-order valence-corrected chi connectivity index (χ1v) is 7.16. The van der Waals surface area contributed by atoms with Crippen LogP contribution in [0, 0.1) is 11.7 Å². The van der Waals surface area contributed by atoms with E-state index in [1.54, 1.807) is 12.1 Å². The van der Waals surface area contributed by atoms with Gasteiger partial charge in [0.15, 0.2) is 0 Å². The summed E-state index contributed by atoms with van der Waals surface area (Å²) in [4.78, 5) is 2.25. The van der Waals surface area contributed by atoms with E-state index in [4.69, 9.17) is 9.52 Å². The fourth-order valence-electron chi connectivity index (χ4n) is 2.69. The largest absolute Gasteiger partial charge is 0.419 e. The second kappa shape index (κ2) is 6.32. The molecule has 1 aromatic heterocycles. The molecular weight excluding hydrogens is 273 g/mol. The number of hydrogen-bond acceptors (Lipinski definition) is 5. The third kappa shape index (κ3) is 3.46. The zero-order valence-electron chi connectivity index (χ0n) is 11.7. The second-order valence-corrected chi connectivity index (χ2v) is 5.41. The van der Waals surface area contributed by atoms with Crippen LogP contribution in [0.25, 0.3) is 11.5 Å². The highest BCUT2D eigenvalue weighted by Gasteiger charge is 2.23. The van der Waals surface area contributed by atoms with Crippen LogP contribution in [0.4, 0.5) is 4.39 Å². The normalized spacial score (nSPS) is 19.2. The molecule has 0 saturated carbocycles. The lowest BCUT2D eigenvalue weighted by Crippen LogP contribution is -2.20. The molecule has 0 radical (unpaired) electrons. The molecule has 1 aliphatic heterocycles. The molecule has 21 heavy (non-hydrogen) atoms. The van der Waals surface area contributed by atoms with Crippen molar-refractivity contribution in [2.75, 3.05) is 19.7 Å². The summed E-state index contributed by atoms with van der Waals surface area (Å²) < 4.78 is 18.5. The van der Waals surface area contributed by atoms with Crippen molar-refractivity contribution in [3.05, 3.63) is 36.0 Å². The molecule has 0 aliphatic carbocycles. The minimum Gasteiger partial charge on any atom is -0.419 e. The van der Waals surface area contributed by atoms with Crippen LogP contribution in [0.15, 0.2) is 28.7 Å². The van der Waals surface area contributed by atoms with Crippen molar-refractivity contribution in [2.45, 2.75) is 19.4 Å². The topological polar surface area (TPSA) is 62.4 Å². The summed E-state index contributed by atoms with van der Waals surface area (Å²) in [5, 5.41) is 17.0. The van der Waals surface area contributed by atoms with Gasteiger partial charge in [0.25, 0.3) is 0 Å². The van der Waals surface area contributed by atoms with Gasteiger partial charge in [-0.2, -0.15) is 0 Å². The van der Waals surface area contributed by atoms with Crippen LogP contribution in [0.5, 0.6) is 0 Å². The first kappa shape index (κ1) is 14.2. The summed E-state index contributed by atoms with van der Waals surface area (Å²) in [6.07, 6.45) is 1.95. The molecule has 3 rings (SSSR count). The SMILES string of the molecule is OCCC1CCN(Cc2nnc(-c3ccc(F)cc3)o2)C1. The molecule has 2 heterocycles. The van der Waals surface area contributed by atoms with Gasteiger partial charge in [0, 0.05) is 18.7 Å². The molecule has 6 heteroatoms. The smallest absolute Gasteiger partial charge is 0.247 e. The molecule has 1 unspecified atom stereocenters. The van der Waals surface area contributed by atoms with Gasteiger partial charge in [0.05, 0.1) is 6.54 Å². The van der Waals surface area contributed by atoms with Crippen molar-refractivity contribution < 1.29 is 13.9 Å².